The Morgan fingerprint density at radius 2 is 1.94 bits per heavy atom. The van der Waals surface area contributed by atoms with Gasteiger partial charge in [-0.05, 0) is 46.8 Å². The van der Waals surface area contributed by atoms with Crippen molar-refractivity contribution in [1.82, 2.24) is 10.3 Å². The molecule has 1 amide bonds. The van der Waals surface area contributed by atoms with Crippen molar-refractivity contribution in [2.75, 3.05) is 6.54 Å². The maximum atomic E-state index is 11.5. The molecule has 0 atom stereocenters. The molecule has 18 heavy (non-hydrogen) atoms. The average molecular weight is 315 g/mol. The molecule has 98 valence electrons. The molecule has 1 aromatic rings. The summed E-state index contributed by atoms with van der Waals surface area (Å²) in [5.41, 5.74) is 0.472. The fraction of sp³-hybridized carbons (Fsp3) is 0.333. The lowest BCUT2D eigenvalue weighted by Gasteiger charge is -2.02. The van der Waals surface area contributed by atoms with E-state index >= 15 is 0 Å². The van der Waals surface area contributed by atoms with E-state index in [4.69, 9.17) is 9.59 Å². The van der Waals surface area contributed by atoms with Gasteiger partial charge in [-0.25, -0.2) is 4.98 Å². The molecule has 6 heteroatoms. The molecule has 0 saturated heterocycles. The fourth-order valence-corrected chi connectivity index (χ4v) is 1.53. The molecule has 1 saturated carbocycles. The summed E-state index contributed by atoms with van der Waals surface area (Å²) in [6, 6.07) is 5.33. The summed E-state index contributed by atoms with van der Waals surface area (Å²) in [6.07, 6.45) is 2.48. The lowest BCUT2D eigenvalue weighted by molar-refractivity contribution is -0.0987. The first-order chi connectivity index (χ1) is 8.75. The molecule has 0 spiro atoms. The largest absolute Gasteiger partial charge is 0.350 e. The number of nitrogens with one attached hydrogen (secondary N) is 1. The van der Waals surface area contributed by atoms with Crippen LogP contribution < -0.4 is 5.32 Å². The SMILES string of the molecule is C=O.C=O.O=C(NCC1CC1)c1cccc(Br)n1. The van der Waals surface area contributed by atoms with Gasteiger partial charge in [-0.3, -0.25) is 4.79 Å². The summed E-state index contributed by atoms with van der Waals surface area (Å²) >= 11 is 3.23. The molecule has 5 nitrogen and oxygen atoms in total. The van der Waals surface area contributed by atoms with Crippen molar-refractivity contribution in [3.05, 3.63) is 28.5 Å². The van der Waals surface area contributed by atoms with E-state index in [-0.39, 0.29) is 5.91 Å². The van der Waals surface area contributed by atoms with Crippen LogP contribution in [0.5, 0.6) is 0 Å². The second kappa shape index (κ2) is 9.47. The normalized spacial score (nSPS) is 12.3. The van der Waals surface area contributed by atoms with Crippen molar-refractivity contribution < 1.29 is 14.4 Å². The molecule has 1 heterocycles. The first kappa shape index (κ1) is 16.4. The first-order valence-corrected chi connectivity index (χ1v) is 6.03. The number of hydrogen-bond donors (Lipinski definition) is 1. The van der Waals surface area contributed by atoms with Crippen LogP contribution in [0, 0.1) is 5.92 Å². The van der Waals surface area contributed by atoms with E-state index in [0.29, 0.717) is 16.2 Å². The molecule has 0 unspecified atom stereocenters. The van der Waals surface area contributed by atoms with Gasteiger partial charge in [0.2, 0.25) is 0 Å². The van der Waals surface area contributed by atoms with Crippen LogP contribution in [0.15, 0.2) is 22.8 Å². The molecular formula is C12H15BrN2O3. The molecule has 1 aromatic heterocycles. The second-order valence-electron chi connectivity index (χ2n) is 3.50. The lowest BCUT2D eigenvalue weighted by Crippen LogP contribution is -2.26. The molecular weight excluding hydrogens is 300 g/mol. The number of halogens is 1. The van der Waals surface area contributed by atoms with Gasteiger partial charge < -0.3 is 14.9 Å². The maximum Gasteiger partial charge on any atom is 0.269 e. The third-order valence-corrected chi connectivity index (χ3v) is 2.64. The third kappa shape index (κ3) is 6.24. The molecule has 1 aliphatic rings. The van der Waals surface area contributed by atoms with Crippen molar-refractivity contribution in [1.29, 1.82) is 0 Å². The van der Waals surface area contributed by atoms with Gasteiger partial charge in [0, 0.05) is 6.54 Å². The topological polar surface area (TPSA) is 76.1 Å². The van der Waals surface area contributed by atoms with E-state index in [2.05, 4.69) is 26.2 Å². The zero-order chi connectivity index (χ0) is 14.0. The molecule has 2 rings (SSSR count). The Kier molecular flexibility index (Phi) is 8.65. The van der Waals surface area contributed by atoms with E-state index in [1.807, 2.05) is 19.6 Å². The van der Waals surface area contributed by atoms with E-state index in [0.717, 1.165) is 6.54 Å². The predicted octanol–water partition coefficient (Wildman–Crippen LogP) is 1.61. The van der Waals surface area contributed by atoms with Crippen LogP contribution in [0.4, 0.5) is 0 Å². The number of hydrogen-bond acceptors (Lipinski definition) is 4. The summed E-state index contributed by atoms with van der Waals surface area (Å²) < 4.78 is 0.691. The van der Waals surface area contributed by atoms with Crippen molar-refractivity contribution >= 4 is 35.4 Å². The van der Waals surface area contributed by atoms with E-state index in [1.54, 1.807) is 12.1 Å². The monoisotopic (exact) mass is 314 g/mol. The molecule has 1 fully saturated rings. The van der Waals surface area contributed by atoms with Crippen molar-refractivity contribution in [2.45, 2.75) is 12.8 Å². The van der Waals surface area contributed by atoms with Gasteiger partial charge in [-0.15, -0.1) is 0 Å². The molecule has 0 bridgehead atoms. The molecule has 1 aliphatic carbocycles. The zero-order valence-electron chi connectivity index (χ0n) is 9.89. The number of carbonyl (C=O) groups is 3. The summed E-state index contributed by atoms with van der Waals surface area (Å²) in [5, 5.41) is 2.87. The second-order valence-corrected chi connectivity index (χ2v) is 4.31. The van der Waals surface area contributed by atoms with Gasteiger partial charge in [0.1, 0.15) is 23.9 Å². The molecule has 1 N–H and O–H groups in total. The highest BCUT2D eigenvalue weighted by molar-refractivity contribution is 9.10. The Balaban J connectivity index is 0.000000659. The van der Waals surface area contributed by atoms with Crippen LogP contribution >= 0.6 is 15.9 Å². The van der Waals surface area contributed by atoms with Crippen LogP contribution in [0.3, 0.4) is 0 Å². The molecule has 0 aliphatic heterocycles. The number of nitrogens with zero attached hydrogens (tertiary/aromatic N) is 1. The average Bonchev–Trinajstić information content (AvgIpc) is 3.25. The zero-order valence-corrected chi connectivity index (χ0v) is 11.5. The van der Waals surface area contributed by atoms with Crippen LogP contribution in [-0.4, -0.2) is 31.0 Å². The summed E-state index contributed by atoms with van der Waals surface area (Å²) in [6.45, 7) is 4.78. The first-order valence-electron chi connectivity index (χ1n) is 5.24. The van der Waals surface area contributed by atoms with Crippen LogP contribution in [-0.2, 0) is 9.59 Å². The summed E-state index contributed by atoms with van der Waals surface area (Å²) in [4.78, 5) is 31.6. The number of aromatic nitrogens is 1. The van der Waals surface area contributed by atoms with Gasteiger partial charge in [-0.1, -0.05) is 6.07 Å². The minimum Gasteiger partial charge on any atom is -0.350 e. The number of carbonyl (C=O) groups excluding carboxylic acids is 3. The van der Waals surface area contributed by atoms with E-state index in [9.17, 15) is 4.79 Å². The van der Waals surface area contributed by atoms with Gasteiger partial charge in [-0.2, -0.15) is 0 Å². The van der Waals surface area contributed by atoms with Crippen molar-refractivity contribution in [2.24, 2.45) is 5.92 Å². The Labute approximate surface area is 114 Å². The van der Waals surface area contributed by atoms with Gasteiger partial charge in [0.25, 0.3) is 5.91 Å². The number of rotatable bonds is 3. The summed E-state index contributed by atoms with van der Waals surface area (Å²) in [5.74, 6) is 0.615. The fourth-order valence-electron chi connectivity index (χ4n) is 1.18. The Bertz CT molecular complexity index is 381. The van der Waals surface area contributed by atoms with Gasteiger partial charge in [0.15, 0.2) is 0 Å². The highest BCUT2D eigenvalue weighted by Gasteiger charge is 2.22. The standard InChI is InChI=1S/C10H11BrN2O.2CH2O/c11-9-3-1-2-8(13-9)10(14)12-6-7-4-5-7;2*1-2/h1-3,7H,4-6H2,(H,12,14);2*1H2. The minimum absolute atomic E-state index is 0.0850. The van der Waals surface area contributed by atoms with E-state index < -0.39 is 0 Å². The lowest BCUT2D eigenvalue weighted by atomic mass is 10.3. The Morgan fingerprint density at radius 1 is 1.33 bits per heavy atom. The van der Waals surface area contributed by atoms with E-state index in [1.165, 1.54) is 12.8 Å². The molecule has 0 aromatic carbocycles. The van der Waals surface area contributed by atoms with Gasteiger partial charge >= 0.3 is 0 Å². The van der Waals surface area contributed by atoms with Gasteiger partial charge in [0.05, 0.1) is 0 Å². The van der Waals surface area contributed by atoms with Crippen LogP contribution in [0.25, 0.3) is 0 Å². The quantitative estimate of drug-likeness (QED) is 0.860. The number of amides is 1. The number of pyridine rings is 1. The minimum atomic E-state index is -0.0850. The van der Waals surface area contributed by atoms with Crippen LogP contribution in [0.2, 0.25) is 0 Å². The van der Waals surface area contributed by atoms with Crippen LogP contribution in [0.1, 0.15) is 23.3 Å². The highest BCUT2D eigenvalue weighted by Crippen LogP contribution is 2.27. The third-order valence-electron chi connectivity index (χ3n) is 2.20. The highest BCUT2D eigenvalue weighted by atomic mass is 79.9. The molecule has 0 radical (unpaired) electrons. The predicted molar refractivity (Wildman–Crippen MR) is 71.2 cm³/mol. The Morgan fingerprint density at radius 3 is 2.44 bits per heavy atom. The van der Waals surface area contributed by atoms with Crippen molar-refractivity contribution in [3.63, 3.8) is 0 Å². The van der Waals surface area contributed by atoms with Crippen molar-refractivity contribution in [3.8, 4) is 0 Å². The maximum absolute atomic E-state index is 11.5. The smallest absolute Gasteiger partial charge is 0.269 e. The Hall–Kier alpha value is -1.56. The summed E-state index contributed by atoms with van der Waals surface area (Å²) in [7, 11) is 0.